The summed E-state index contributed by atoms with van der Waals surface area (Å²) < 4.78 is 5.37. The zero-order chi connectivity index (χ0) is 9.84. The summed E-state index contributed by atoms with van der Waals surface area (Å²) in [6.07, 6.45) is 0.194. The summed E-state index contributed by atoms with van der Waals surface area (Å²) >= 11 is 0. The molecule has 0 heterocycles. The van der Waals surface area contributed by atoms with E-state index < -0.39 is 0 Å². The minimum absolute atomic E-state index is 0.116. The molecule has 0 spiro atoms. The van der Waals surface area contributed by atoms with Crippen LogP contribution in [-0.2, 0) is 11.3 Å². The van der Waals surface area contributed by atoms with Gasteiger partial charge in [-0.05, 0) is 31.5 Å². The Morgan fingerprint density at radius 1 is 1.46 bits per heavy atom. The van der Waals surface area contributed by atoms with E-state index in [4.69, 9.17) is 10.5 Å². The van der Waals surface area contributed by atoms with E-state index in [0.29, 0.717) is 12.3 Å². The molecule has 0 unspecified atom stereocenters. The maximum absolute atomic E-state index is 9.28. The summed E-state index contributed by atoms with van der Waals surface area (Å²) in [6.45, 7) is 4.44. The predicted octanol–water partition coefficient (Wildman–Crippen LogP) is 1.90. The number of ether oxygens (including phenoxy) is 1. The first-order valence-electron chi connectivity index (χ1n) is 4.28. The number of hydrogen-bond donors (Lipinski definition) is 2. The molecule has 0 aliphatic carbocycles. The quantitative estimate of drug-likeness (QED) is 0.553. The van der Waals surface area contributed by atoms with Crippen LogP contribution in [0.5, 0.6) is 5.75 Å². The highest BCUT2D eigenvalue weighted by atomic mass is 16.5. The zero-order valence-corrected chi connectivity index (χ0v) is 7.95. The Kier molecular flexibility index (Phi) is 3.14. The zero-order valence-electron chi connectivity index (χ0n) is 7.95. The third kappa shape index (κ3) is 2.95. The monoisotopic (exact) mass is 181 g/mol. The number of rotatable bonds is 3. The minimum atomic E-state index is 0.116. The Morgan fingerprint density at radius 3 is 2.69 bits per heavy atom. The van der Waals surface area contributed by atoms with Crippen LogP contribution < -0.4 is 5.73 Å². The van der Waals surface area contributed by atoms with E-state index in [0.717, 1.165) is 5.56 Å². The molecule has 0 aromatic heterocycles. The molecule has 1 aromatic rings. The number of hydrogen-bond acceptors (Lipinski definition) is 3. The van der Waals surface area contributed by atoms with E-state index in [1.807, 2.05) is 19.9 Å². The van der Waals surface area contributed by atoms with Crippen LogP contribution in [0.4, 0.5) is 5.69 Å². The minimum Gasteiger partial charge on any atom is -0.506 e. The van der Waals surface area contributed by atoms with Gasteiger partial charge < -0.3 is 15.6 Å². The van der Waals surface area contributed by atoms with Gasteiger partial charge in [-0.25, -0.2) is 0 Å². The molecule has 0 radical (unpaired) electrons. The summed E-state index contributed by atoms with van der Waals surface area (Å²) in [5.41, 5.74) is 6.78. The van der Waals surface area contributed by atoms with Crippen LogP contribution in [0.1, 0.15) is 19.4 Å². The predicted molar refractivity (Wildman–Crippen MR) is 52.4 cm³/mol. The van der Waals surface area contributed by atoms with Gasteiger partial charge in [-0.3, -0.25) is 0 Å². The van der Waals surface area contributed by atoms with Gasteiger partial charge >= 0.3 is 0 Å². The summed E-state index contributed by atoms with van der Waals surface area (Å²) in [7, 11) is 0. The van der Waals surface area contributed by atoms with Crippen LogP contribution in [-0.4, -0.2) is 11.2 Å². The topological polar surface area (TPSA) is 55.5 Å². The molecule has 72 valence electrons. The van der Waals surface area contributed by atoms with Crippen molar-refractivity contribution in [1.82, 2.24) is 0 Å². The van der Waals surface area contributed by atoms with Crippen molar-refractivity contribution in [3.05, 3.63) is 23.8 Å². The lowest BCUT2D eigenvalue weighted by atomic mass is 10.2. The molecule has 3 nitrogen and oxygen atoms in total. The number of nitrogen functional groups attached to an aromatic ring is 1. The Hall–Kier alpha value is -1.22. The van der Waals surface area contributed by atoms with Crippen LogP contribution in [0.3, 0.4) is 0 Å². The van der Waals surface area contributed by atoms with Crippen LogP contribution in [0.15, 0.2) is 18.2 Å². The van der Waals surface area contributed by atoms with Crippen molar-refractivity contribution in [2.75, 3.05) is 5.73 Å². The van der Waals surface area contributed by atoms with Gasteiger partial charge in [0, 0.05) is 0 Å². The van der Waals surface area contributed by atoms with Gasteiger partial charge in [0.25, 0.3) is 0 Å². The molecule has 0 saturated carbocycles. The van der Waals surface area contributed by atoms with E-state index in [1.54, 1.807) is 12.1 Å². The number of anilines is 1. The molecule has 1 rings (SSSR count). The molecule has 3 heteroatoms. The maximum atomic E-state index is 9.28. The van der Waals surface area contributed by atoms with Gasteiger partial charge in [-0.15, -0.1) is 0 Å². The summed E-state index contributed by atoms with van der Waals surface area (Å²) in [4.78, 5) is 0. The largest absolute Gasteiger partial charge is 0.506 e. The van der Waals surface area contributed by atoms with Gasteiger partial charge in [0.2, 0.25) is 0 Å². The highest BCUT2D eigenvalue weighted by Gasteiger charge is 2.00. The van der Waals surface area contributed by atoms with Gasteiger partial charge in [0.05, 0.1) is 18.4 Å². The van der Waals surface area contributed by atoms with Crippen LogP contribution in [0.2, 0.25) is 0 Å². The van der Waals surface area contributed by atoms with Crippen molar-refractivity contribution in [3.8, 4) is 5.75 Å². The van der Waals surface area contributed by atoms with Gasteiger partial charge in [-0.1, -0.05) is 6.07 Å². The van der Waals surface area contributed by atoms with E-state index in [-0.39, 0.29) is 11.9 Å². The molecule has 0 aliphatic heterocycles. The van der Waals surface area contributed by atoms with Gasteiger partial charge in [-0.2, -0.15) is 0 Å². The molecular weight excluding hydrogens is 166 g/mol. The Morgan fingerprint density at radius 2 is 2.15 bits per heavy atom. The summed E-state index contributed by atoms with van der Waals surface area (Å²) in [6, 6.07) is 5.14. The number of benzene rings is 1. The average molecular weight is 181 g/mol. The van der Waals surface area contributed by atoms with Gasteiger partial charge in [0.1, 0.15) is 5.75 Å². The first kappa shape index (κ1) is 9.86. The fraction of sp³-hybridized carbons (Fsp3) is 0.400. The third-order valence-electron chi connectivity index (χ3n) is 1.68. The van der Waals surface area contributed by atoms with E-state index in [2.05, 4.69) is 0 Å². The summed E-state index contributed by atoms with van der Waals surface area (Å²) in [5.74, 6) is 0.116. The van der Waals surface area contributed by atoms with Crippen molar-refractivity contribution >= 4 is 5.69 Å². The number of aromatic hydroxyl groups is 1. The second-order valence-electron chi connectivity index (χ2n) is 3.25. The molecule has 0 bridgehead atoms. The van der Waals surface area contributed by atoms with Crippen LogP contribution >= 0.6 is 0 Å². The Balaban J connectivity index is 2.63. The second-order valence-corrected chi connectivity index (χ2v) is 3.25. The molecule has 0 atom stereocenters. The van der Waals surface area contributed by atoms with E-state index in [9.17, 15) is 5.11 Å². The van der Waals surface area contributed by atoms with Crippen LogP contribution in [0.25, 0.3) is 0 Å². The van der Waals surface area contributed by atoms with E-state index >= 15 is 0 Å². The molecule has 0 fully saturated rings. The lowest BCUT2D eigenvalue weighted by molar-refractivity contribution is 0.0656. The Bertz CT molecular complexity index is 284. The van der Waals surface area contributed by atoms with E-state index in [1.165, 1.54) is 0 Å². The number of phenolic OH excluding ortho intramolecular Hbond substituents is 1. The molecule has 13 heavy (non-hydrogen) atoms. The SMILES string of the molecule is CC(C)OCc1ccc(N)c(O)c1. The van der Waals surface area contributed by atoms with Crippen molar-refractivity contribution in [1.29, 1.82) is 0 Å². The van der Waals surface area contributed by atoms with Gasteiger partial charge in [0.15, 0.2) is 0 Å². The molecular formula is C10H15NO2. The van der Waals surface area contributed by atoms with Crippen LogP contribution in [0, 0.1) is 0 Å². The lowest BCUT2D eigenvalue weighted by Gasteiger charge is -2.08. The molecule has 0 aliphatic rings. The lowest BCUT2D eigenvalue weighted by Crippen LogP contribution is -2.02. The average Bonchev–Trinajstić information content (AvgIpc) is 2.07. The highest BCUT2D eigenvalue weighted by molar-refractivity contribution is 5.52. The van der Waals surface area contributed by atoms with Crippen molar-refractivity contribution < 1.29 is 9.84 Å². The summed E-state index contributed by atoms with van der Waals surface area (Å²) in [5, 5.41) is 9.28. The fourth-order valence-corrected chi connectivity index (χ4v) is 0.942. The molecule has 0 amide bonds. The fourth-order valence-electron chi connectivity index (χ4n) is 0.942. The smallest absolute Gasteiger partial charge is 0.138 e. The highest BCUT2D eigenvalue weighted by Crippen LogP contribution is 2.21. The second kappa shape index (κ2) is 4.14. The normalized spacial score (nSPS) is 10.7. The van der Waals surface area contributed by atoms with Crippen molar-refractivity contribution in [2.24, 2.45) is 0 Å². The molecule has 1 aromatic carbocycles. The standard InChI is InChI=1S/C10H15NO2/c1-7(2)13-6-8-3-4-9(11)10(12)5-8/h3-5,7,12H,6,11H2,1-2H3. The van der Waals surface area contributed by atoms with Crippen molar-refractivity contribution in [3.63, 3.8) is 0 Å². The third-order valence-corrected chi connectivity index (χ3v) is 1.68. The molecule has 3 N–H and O–H groups in total. The molecule has 0 saturated heterocycles. The number of phenols is 1. The first-order chi connectivity index (χ1) is 6.09. The van der Waals surface area contributed by atoms with Crippen molar-refractivity contribution in [2.45, 2.75) is 26.6 Å². The Labute approximate surface area is 78.1 Å². The maximum Gasteiger partial charge on any atom is 0.138 e. The number of nitrogens with two attached hydrogens (primary N) is 1. The first-order valence-corrected chi connectivity index (χ1v) is 4.28.